The first-order valence-corrected chi connectivity index (χ1v) is 10.3. The molecule has 1 aliphatic rings. The van der Waals surface area contributed by atoms with Crippen LogP contribution in [0.5, 0.6) is 5.88 Å². The molecule has 3 aromatic rings. The first-order chi connectivity index (χ1) is 15.5. The summed E-state index contributed by atoms with van der Waals surface area (Å²) in [6, 6.07) is 9.68. The van der Waals surface area contributed by atoms with Gasteiger partial charge < -0.3 is 15.4 Å². The predicted molar refractivity (Wildman–Crippen MR) is 116 cm³/mol. The van der Waals surface area contributed by atoms with Gasteiger partial charge in [0.1, 0.15) is 24.1 Å². The van der Waals surface area contributed by atoms with Crippen LogP contribution in [0.2, 0.25) is 0 Å². The highest BCUT2D eigenvalue weighted by atomic mass is 19.1. The number of piperidine rings is 1. The molecule has 1 amide bonds. The van der Waals surface area contributed by atoms with Crippen LogP contribution >= 0.6 is 0 Å². The van der Waals surface area contributed by atoms with E-state index >= 15 is 0 Å². The lowest BCUT2D eigenvalue weighted by molar-refractivity contribution is -0.133. The minimum Gasteiger partial charge on any atom is -0.481 e. The van der Waals surface area contributed by atoms with Gasteiger partial charge in [0.05, 0.1) is 12.7 Å². The van der Waals surface area contributed by atoms with Crippen molar-refractivity contribution in [1.82, 2.24) is 19.7 Å². The summed E-state index contributed by atoms with van der Waals surface area (Å²) in [6.45, 7) is 1.25. The second-order valence-corrected chi connectivity index (χ2v) is 7.73. The van der Waals surface area contributed by atoms with Crippen molar-refractivity contribution >= 4 is 5.91 Å². The van der Waals surface area contributed by atoms with Crippen LogP contribution in [0.15, 0.2) is 42.7 Å². The van der Waals surface area contributed by atoms with E-state index in [1.54, 1.807) is 34.1 Å². The number of likely N-dealkylation sites (tertiary alicyclic amines) is 1. The third kappa shape index (κ3) is 4.45. The fourth-order valence-electron chi connectivity index (χ4n) is 3.82. The molecule has 0 radical (unpaired) electrons. The maximum Gasteiger partial charge on any atom is 0.244 e. The lowest BCUT2D eigenvalue weighted by Crippen LogP contribution is -2.46. The SMILES string of the molecule is COc1ccc(-c2cn(CC(=O)N3CCC[C@@H](N)C3)nc2-c2ccc(C#N)c(F)c2)cn1. The summed E-state index contributed by atoms with van der Waals surface area (Å²) in [7, 11) is 1.53. The molecule has 32 heavy (non-hydrogen) atoms. The molecule has 0 bridgehead atoms. The van der Waals surface area contributed by atoms with Gasteiger partial charge in [-0.2, -0.15) is 10.4 Å². The van der Waals surface area contributed by atoms with Crippen molar-refractivity contribution in [2.24, 2.45) is 5.73 Å². The lowest BCUT2D eigenvalue weighted by atomic mass is 10.0. The van der Waals surface area contributed by atoms with E-state index in [4.69, 9.17) is 15.7 Å². The van der Waals surface area contributed by atoms with E-state index in [1.807, 2.05) is 12.1 Å². The summed E-state index contributed by atoms with van der Waals surface area (Å²) >= 11 is 0. The monoisotopic (exact) mass is 434 g/mol. The number of hydrogen-bond donors (Lipinski definition) is 1. The van der Waals surface area contributed by atoms with Gasteiger partial charge in [0.25, 0.3) is 0 Å². The summed E-state index contributed by atoms with van der Waals surface area (Å²) in [5, 5.41) is 13.6. The van der Waals surface area contributed by atoms with Crippen molar-refractivity contribution in [3.63, 3.8) is 0 Å². The fraction of sp³-hybridized carbons (Fsp3) is 0.304. The molecule has 0 aliphatic carbocycles. The highest BCUT2D eigenvalue weighted by molar-refractivity contribution is 5.81. The van der Waals surface area contributed by atoms with E-state index in [1.165, 1.54) is 19.2 Å². The summed E-state index contributed by atoms with van der Waals surface area (Å²) < 4.78 is 21.0. The Morgan fingerprint density at radius 1 is 1.34 bits per heavy atom. The quantitative estimate of drug-likeness (QED) is 0.661. The molecule has 1 saturated heterocycles. The maximum atomic E-state index is 14.3. The molecule has 0 saturated carbocycles. The van der Waals surface area contributed by atoms with Gasteiger partial charge >= 0.3 is 0 Å². The summed E-state index contributed by atoms with van der Waals surface area (Å²) in [4.78, 5) is 18.8. The minimum absolute atomic E-state index is 0.0107. The minimum atomic E-state index is -0.628. The Balaban J connectivity index is 1.70. The maximum absolute atomic E-state index is 14.3. The lowest BCUT2D eigenvalue weighted by Gasteiger charge is -2.30. The average molecular weight is 434 g/mol. The molecule has 0 unspecified atom stereocenters. The highest BCUT2D eigenvalue weighted by Gasteiger charge is 2.23. The number of benzene rings is 1. The van der Waals surface area contributed by atoms with Gasteiger partial charge in [0, 0.05) is 54.3 Å². The van der Waals surface area contributed by atoms with E-state index < -0.39 is 5.82 Å². The second kappa shape index (κ2) is 9.16. The van der Waals surface area contributed by atoms with Crippen LogP contribution < -0.4 is 10.5 Å². The van der Waals surface area contributed by atoms with Gasteiger partial charge in [-0.25, -0.2) is 9.37 Å². The standard InChI is InChI=1S/C23H23FN6O2/c1-32-21-7-6-17(11-27-21)19-13-30(14-22(31)29-8-2-3-18(26)12-29)28-23(19)15-4-5-16(10-25)20(24)9-15/h4-7,9,11,13,18H,2-3,8,12,14,26H2,1H3/t18-/m1/s1. The van der Waals surface area contributed by atoms with Gasteiger partial charge in [-0.3, -0.25) is 9.48 Å². The van der Waals surface area contributed by atoms with E-state index in [-0.39, 0.29) is 24.1 Å². The molecule has 9 heteroatoms. The molecule has 1 aliphatic heterocycles. The Morgan fingerprint density at radius 3 is 2.81 bits per heavy atom. The van der Waals surface area contributed by atoms with Crippen LogP contribution in [-0.4, -0.2) is 51.8 Å². The van der Waals surface area contributed by atoms with E-state index in [2.05, 4.69) is 10.1 Å². The zero-order valence-electron chi connectivity index (χ0n) is 17.7. The van der Waals surface area contributed by atoms with Crippen LogP contribution in [0.3, 0.4) is 0 Å². The zero-order chi connectivity index (χ0) is 22.7. The normalized spacial score (nSPS) is 15.9. The molecular weight excluding hydrogens is 411 g/mol. The van der Waals surface area contributed by atoms with Crippen molar-refractivity contribution in [2.75, 3.05) is 20.2 Å². The van der Waals surface area contributed by atoms with Gasteiger partial charge in [0.2, 0.25) is 11.8 Å². The average Bonchev–Trinajstić information content (AvgIpc) is 3.22. The number of nitrogens with two attached hydrogens (primary N) is 1. The van der Waals surface area contributed by atoms with E-state index in [0.717, 1.165) is 18.4 Å². The van der Waals surface area contributed by atoms with Crippen LogP contribution in [0.1, 0.15) is 18.4 Å². The number of methoxy groups -OCH3 is 1. The Labute approximate surface area is 185 Å². The van der Waals surface area contributed by atoms with Crippen LogP contribution in [-0.2, 0) is 11.3 Å². The fourth-order valence-corrected chi connectivity index (χ4v) is 3.82. The topological polar surface area (TPSA) is 110 Å². The molecule has 0 spiro atoms. The number of nitriles is 1. The number of aromatic nitrogens is 3. The van der Waals surface area contributed by atoms with Crippen molar-refractivity contribution in [3.8, 4) is 34.3 Å². The molecule has 1 fully saturated rings. The number of nitrogens with zero attached hydrogens (tertiary/aromatic N) is 5. The Morgan fingerprint density at radius 2 is 2.16 bits per heavy atom. The van der Waals surface area contributed by atoms with E-state index in [0.29, 0.717) is 35.8 Å². The molecule has 4 rings (SSSR count). The summed E-state index contributed by atoms with van der Waals surface area (Å²) in [5.74, 6) is -0.236. The molecule has 8 nitrogen and oxygen atoms in total. The number of carbonyl (C=O) groups is 1. The molecule has 3 heterocycles. The predicted octanol–water partition coefficient (Wildman–Crippen LogP) is 2.58. The second-order valence-electron chi connectivity index (χ2n) is 7.73. The molecule has 164 valence electrons. The summed E-state index contributed by atoms with van der Waals surface area (Å²) in [6.07, 6.45) is 5.17. The molecular formula is C23H23FN6O2. The Hall–Kier alpha value is -3.77. The number of carbonyl (C=O) groups excluding carboxylic acids is 1. The first-order valence-electron chi connectivity index (χ1n) is 10.3. The highest BCUT2D eigenvalue weighted by Crippen LogP contribution is 2.32. The number of hydrogen-bond acceptors (Lipinski definition) is 6. The van der Waals surface area contributed by atoms with Crippen molar-refractivity contribution in [2.45, 2.75) is 25.4 Å². The van der Waals surface area contributed by atoms with Gasteiger partial charge in [0.15, 0.2) is 0 Å². The molecule has 2 aromatic heterocycles. The van der Waals surface area contributed by atoms with Crippen LogP contribution in [0.4, 0.5) is 4.39 Å². The third-order valence-corrected chi connectivity index (χ3v) is 5.49. The molecule has 1 atom stereocenters. The van der Waals surface area contributed by atoms with Gasteiger partial charge in [-0.15, -0.1) is 0 Å². The molecule has 2 N–H and O–H groups in total. The zero-order valence-corrected chi connectivity index (χ0v) is 17.7. The smallest absolute Gasteiger partial charge is 0.244 e. The Kier molecular flexibility index (Phi) is 6.14. The number of amides is 1. The van der Waals surface area contributed by atoms with Crippen LogP contribution in [0, 0.1) is 17.1 Å². The molecule has 1 aromatic carbocycles. The first kappa shape index (κ1) is 21.5. The van der Waals surface area contributed by atoms with Crippen molar-refractivity contribution < 1.29 is 13.9 Å². The van der Waals surface area contributed by atoms with Gasteiger partial charge in [-0.1, -0.05) is 6.07 Å². The Bertz CT molecular complexity index is 1170. The van der Waals surface area contributed by atoms with Crippen LogP contribution in [0.25, 0.3) is 22.4 Å². The van der Waals surface area contributed by atoms with E-state index in [9.17, 15) is 9.18 Å². The van der Waals surface area contributed by atoms with Gasteiger partial charge in [-0.05, 0) is 31.0 Å². The summed E-state index contributed by atoms with van der Waals surface area (Å²) in [5.41, 5.74) is 8.38. The van der Waals surface area contributed by atoms with Crippen molar-refractivity contribution in [3.05, 3.63) is 54.1 Å². The largest absolute Gasteiger partial charge is 0.481 e. The number of rotatable bonds is 5. The number of halogens is 1. The number of ether oxygens (including phenoxy) is 1. The van der Waals surface area contributed by atoms with Crippen molar-refractivity contribution in [1.29, 1.82) is 5.26 Å². The number of pyridine rings is 1. The third-order valence-electron chi connectivity index (χ3n) is 5.49.